The maximum atomic E-state index is 12.0. The van der Waals surface area contributed by atoms with E-state index in [0.29, 0.717) is 13.0 Å². The van der Waals surface area contributed by atoms with Crippen molar-refractivity contribution in [2.75, 3.05) is 25.9 Å². The van der Waals surface area contributed by atoms with Crippen molar-refractivity contribution in [3.05, 3.63) is 22.4 Å². The highest BCUT2D eigenvalue weighted by Gasteiger charge is 2.17. The molecule has 1 rings (SSSR count). The first-order chi connectivity index (χ1) is 8.56. The maximum Gasteiger partial charge on any atom is 0.214 e. The van der Waals surface area contributed by atoms with Crippen LogP contribution >= 0.6 is 11.3 Å². The van der Waals surface area contributed by atoms with E-state index in [1.54, 1.807) is 18.4 Å². The average molecular weight is 290 g/mol. The molecule has 0 aromatic carbocycles. The lowest BCUT2D eigenvalue weighted by atomic mass is 10.4. The van der Waals surface area contributed by atoms with Crippen LogP contribution in [0.1, 0.15) is 24.6 Å². The summed E-state index contributed by atoms with van der Waals surface area (Å²) >= 11 is 1.58. The summed E-state index contributed by atoms with van der Waals surface area (Å²) in [4.78, 5) is 1.07. The van der Waals surface area contributed by atoms with Gasteiger partial charge in [-0.15, -0.1) is 11.3 Å². The summed E-state index contributed by atoms with van der Waals surface area (Å²) in [5, 5.41) is 5.17. The Bertz CT molecular complexity index is 415. The molecule has 1 aromatic rings. The Kier molecular flexibility index (Phi) is 6.85. The fraction of sp³-hybridized carbons (Fsp3) is 0.667. The molecule has 0 spiro atoms. The smallest absolute Gasteiger partial charge is 0.214 e. The molecule has 104 valence electrons. The monoisotopic (exact) mass is 290 g/mol. The van der Waals surface area contributed by atoms with E-state index in [9.17, 15) is 8.42 Å². The largest absolute Gasteiger partial charge is 0.317 e. The van der Waals surface area contributed by atoms with Crippen LogP contribution in [0.5, 0.6) is 0 Å². The lowest BCUT2D eigenvalue weighted by molar-refractivity contribution is 0.467. The van der Waals surface area contributed by atoms with Crippen molar-refractivity contribution < 1.29 is 8.42 Å². The number of thiophene rings is 1. The van der Waals surface area contributed by atoms with Gasteiger partial charge in [-0.05, 0) is 37.4 Å². The van der Waals surface area contributed by atoms with E-state index in [2.05, 4.69) is 12.2 Å². The summed E-state index contributed by atoms with van der Waals surface area (Å²) in [5.74, 6) is 0.214. The Labute approximate surface area is 114 Å². The second-order valence-electron chi connectivity index (χ2n) is 4.25. The van der Waals surface area contributed by atoms with E-state index in [1.165, 1.54) is 4.31 Å². The average Bonchev–Trinajstić information content (AvgIpc) is 2.81. The van der Waals surface area contributed by atoms with Gasteiger partial charge in [-0.25, -0.2) is 8.42 Å². The Morgan fingerprint density at radius 3 is 2.78 bits per heavy atom. The molecular formula is C12H22N2O2S2. The predicted octanol–water partition coefficient (Wildman–Crippen LogP) is 1.90. The highest BCUT2D eigenvalue weighted by molar-refractivity contribution is 7.89. The van der Waals surface area contributed by atoms with Crippen LogP contribution in [0.15, 0.2) is 17.5 Å². The summed E-state index contributed by atoms with van der Waals surface area (Å²) < 4.78 is 25.4. The third-order valence-electron chi connectivity index (χ3n) is 2.62. The summed E-state index contributed by atoms with van der Waals surface area (Å²) in [6.45, 7) is 4.28. The highest BCUT2D eigenvalue weighted by Crippen LogP contribution is 2.13. The maximum absolute atomic E-state index is 12.0. The van der Waals surface area contributed by atoms with Crippen LogP contribution in [0.3, 0.4) is 0 Å². The second-order valence-corrected chi connectivity index (χ2v) is 7.48. The molecule has 0 saturated carbocycles. The molecule has 0 aliphatic heterocycles. The summed E-state index contributed by atoms with van der Waals surface area (Å²) in [5.41, 5.74) is 0. The van der Waals surface area contributed by atoms with E-state index in [1.807, 2.05) is 17.5 Å². The molecular weight excluding hydrogens is 268 g/mol. The number of nitrogens with one attached hydrogen (secondary N) is 1. The summed E-state index contributed by atoms with van der Waals surface area (Å²) in [6, 6.07) is 3.90. The Morgan fingerprint density at radius 2 is 2.17 bits per heavy atom. The number of nitrogens with zero attached hydrogens (tertiary/aromatic N) is 1. The molecule has 0 aliphatic carbocycles. The van der Waals surface area contributed by atoms with Crippen molar-refractivity contribution in [1.82, 2.24) is 9.62 Å². The minimum absolute atomic E-state index is 0.214. The van der Waals surface area contributed by atoms with Crippen molar-refractivity contribution in [3.8, 4) is 0 Å². The van der Waals surface area contributed by atoms with E-state index < -0.39 is 10.0 Å². The van der Waals surface area contributed by atoms with Crippen molar-refractivity contribution >= 4 is 21.4 Å². The van der Waals surface area contributed by atoms with Gasteiger partial charge >= 0.3 is 0 Å². The van der Waals surface area contributed by atoms with Gasteiger partial charge in [-0.3, -0.25) is 0 Å². The van der Waals surface area contributed by atoms with E-state index in [0.717, 1.165) is 24.4 Å². The van der Waals surface area contributed by atoms with Crippen LogP contribution in [0, 0.1) is 0 Å². The van der Waals surface area contributed by atoms with Gasteiger partial charge in [0, 0.05) is 18.5 Å². The molecule has 1 N–H and O–H groups in total. The Hall–Kier alpha value is -0.430. The molecule has 0 unspecified atom stereocenters. The minimum Gasteiger partial charge on any atom is -0.317 e. The number of hydrogen-bond acceptors (Lipinski definition) is 4. The van der Waals surface area contributed by atoms with Gasteiger partial charge < -0.3 is 5.32 Å². The predicted molar refractivity (Wildman–Crippen MR) is 77.4 cm³/mol. The van der Waals surface area contributed by atoms with Crippen LogP contribution < -0.4 is 5.32 Å². The normalized spacial score (nSPS) is 12.2. The lowest BCUT2D eigenvalue weighted by Crippen LogP contribution is -2.30. The second kappa shape index (κ2) is 7.89. The van der Waals surface area contributed by atoms with Gasteiger partial charge in [-0.2, -0.15) is 4.31 Å². The van der Waals surface area contributed by atoms with Crippen molar-refractivity contribution in [3.63, 3.8) is 0 Å². The molecule has 0 atom stereocenters. The molecule has 1 aromatic heterocycles. The van der Waals surface area contributed by atoms with Crippen LogP contribution in [-0.2, 0) is 16.6 Å². The molecule has 0 amide bonds. The van der Waals surface area contributed by atoms with E-state index in [4.69, 9.17) is 0 Å². The lowest BCUT2D eigenvalue weighted by Gasteiger charge is -2.16. The number of rotatable bonds is 9. The zero-order chi connectivity index (χ0) is 13.4. The molecule has 0 bridgehead atoms. The minimum atomic E-state index is -3.12. The SMILES string of the molecule is CCCNCCCS(=O)(=O)N(C)Cc1cccs1. The zero-order valence-electron chi connectivity index (χ0n) is 11.1. The molecule has 18 heavy (non-hydrogen) atoms. The quantitative estimate of drug-likeness (QED) is 0.707. The molecule has 6 heteroatoms. The van der Waals surface area contributed by atoms with Crippen molar-refractivity contribution in [1.29, 1.82) is 0 Å². The first kappa shape index (κ1) is 15.6. The number of hydrogen-bond donors (Lipinski definition) is 1. The fourth-order valence-electron chi connectivity index (χ4n) is 1.56. The third-order valence-corrected chi connectivity index (χ3v) is 5.36. The van der Waals surface area contributed by atoms with Gasteiger partial charge in [-0.1, -0.05) is 13.0 Å². The van der Waals surface area contributed by atoms with Crippen molar-refractivity contribution in [2.24, 2.45) is 0 Å². The molecule has 0 saturated heterocycles. The van der Waals surface area contributed by atoms with Crippen LogP contribution in [-0.4, -0.2) is 38.6 Å². The molecule has 0 aliphatic rings. The fourth-order valence-corrected chi connectivity index (χ4v) is 3.55. The molecule has 0 radical (unpaired) electrons. The van der Waals surface area contributed by atoms with Gasteiger partial charge in [0.15, 0.2) is 0 Å². The summed E-state index contributed by atoms with van der Waals surface area (Å²) in [7, 11) is -1.48. The van der Waals surface area contributed by atoms with Crippen LogP contribution in [0.2, 0.25) is 0 Å². The van der Waals surface area contributed by atoms with E-state index >= 15 is 0 Å². The standard InChI is InChI=1S/C12H22N2O2S2/c1-3-7-13-8-5-10-18(15,16)14(2)11-12-6-4-9-17-12/h4,6,9,13H,3,5,7-8,10-11H2,1-2H3. The van der Waals surface area contributed by atoms with Gasteiger partial charge in [0.25, 0.3) is 0 Å². The molecule has 4 nitrogen and oxygen atoms in total. The first-order valence-corrected chi connectivity index (χ1v) is 8.72. The van der Waals surface area contributed by atoms with Crippen molar-refractivity contribution in [2.45, 2.75) is 26.3 Å². The third kappa shape index (κ3) is 5.48. The zero-order valence-corrected chi connectivity index (χ0v) is 12.7. The summed E-state index contributed by atoms with van der Waals surface area (Å²) in [6.07, 6.45) is 1.74. The van der Waals surface area contributed by atoms with Gasteiger partial charge in [0.2, 0.25) is 10.0 Å². The Morgan fingerprint density at radius 1 is 1.39 bits per heavy atom. The topological polar surface area (TPSA) is 49.4 Å². The Balaban J connectivity index is 2.33. The number of sulfonamides is 1. The first-order valence-electron chi connectivity index (χ1n) is 6.23. The van der Waals surface area contributed by atoms with Gasteiger partial charge in [0.05, 0.1) is 5.75 Å². The molecule has 1 heterocycles. The van der Waals surface area contributed by atoms with Crippen LogP contribution in [0.4, 0.5) is 0 Å². The van der Waals surface area contributed by atoms with Gasteiger partial charge in [0.1, 0.15) is 0 Å². The molecule has 0 fully saturated rings. The van der Waals surface area contributed by atoms with Crippen LogP contribution in [0.25, 0.3) is 0 Å². The van der Waals surface area contributed by atoms with E-state index in [-0.39, 0.29) is 5.75 Å². The highest BCUT2D eigenvalue weighted by atomic mass is 32.2.